The number of fused-ring (bicyclic) bond motifs is 1. The Labute approximate surface area is 422 Å². The van der Waals surface area contributed by atoms with Crippen LogP contribution in [0.15, 0.2) is 35.3 Å². The number of likely N-dealkylation sites (N-methyl/N-ethyl adjacent to an activating group) is 2. The van der Waals surface area contributed by atoms with Crippen molar-refractivity contribution in [1.82, 2.24) is 25.3 Å². The van der Waals surface area contributed by atoms with Gasteiger partial charge < -0.3 is 45.1 Å². The Kier molecular flexibility index (Phi) is 23.9. The molecule has 71 heavy (non-hydrogen) atoms. The molecule has 2 fully saturated rings. The van der Waals surface area contributed by atoms with Gasteiger partial charge in [0.05, 0.1) is 19.2 Å². The van der Waals surface area contributed by atoms with E-state index in [1.165, 1.54) is 48.9 Å². The molecule has 0 radical (unpaired) electrons. The molecular weight excluding hydrogens is 911 g/mol. The Morgan fingerprint density at radius 1 is 0.986 bits per heavy atom. The molecule has 398 valence electrons. The van der Waals surface area contributed by atoms with Crippen LogP contribution in [0, 0.1) is 35.5 Å². The number of nitrogens with one attached hydrogen (secondary N) is 2. The van der Waals surface area contributed by atoms with Crippen LogP contribution in [0.4, 0.5) is 0 Å². The molecule has 0 bridgehead atoms. The summed E-state index contributed by atoms with van der Waals surface area (Å²) < 4.78 is 17.4. The number of rotatable bonds is 15. The second kappa shape index (κ2) is 28.2. The average Bonchev–Trinajstić information content (AvgIpc) is 3.81. The maximum Gasteiger partial charge on any atom is 0.329 e. The number of carbonyl (C=O) groups is 7. The summed E-state index contributed by atoms with van der Waals surface area (Å²) in [5, 5.41) is 17.7. The number of nitrogens with zero attached hydrogens (tertiary/aromatic N) is 4. The monoisotopic (exact) mass is 996 g/mol. The summed E-state index contributed by atoms with van der Waals surface area (Å²) in [6.07, 6.45) is -0.497. The highest BCUT2D eigenvalue weighted by Gasteiger charge is 2.43. The molecule has 5 amide bonds. The topological polar surface area (TPSA) is 240 Å². The number of nitrogens with two attached hydrogens (primary N) is 1. The van der Waals surface area contributed by atoms with Crippen molar-refractivity contribution in [2.24, 2.45) is 46.2 Å². The molecule has 0 aliphatic carbocycles. The largest absolute Gasteiger partial charge is 0.497 e. The van der Waals surface area contributed by atoms with E-state index in [0.29, 0.717) is 37.0 Å². The predicted molar refractivity (Wildman–Crippen MR) is 271 cm³/mol. The first-order chi connectivity index (χ1) is 33.3. The molecule has 1 aromatic rings. The lowest BCUT2D eigenvalue weighted by Crippen LogP contribution is -2.58. The highest BCUT2D eigenvalue weighted by Crippen LogP contribution is 2.26. The van der Waals surface area contributed by atoms with Gasteiger partial charge in [0, 0.05) is 39.5 Å². The molecule has 3 rings (SSSR count). The number of hydrogen-bond donors (Lipinski definition) is 4. The lowest BCUT2D eigenvalue weighted by Gasteiger charge is -2.36. The zero-order valence-electron chi connectivity index (χ0n) is 44.8. The number of benzene rings is 1. The normalized spacial score (nSPS) is 25.9. The van der Waals surface area contributed by atoms with Gasteiger partial charge in [-0.25, -0.2) is 4.79 Å². The predicted octanol–water partition coefficient (Wildman–Crippen LogP) is 4.43. The van der Waals surface area contributed by atoms with Gasteiger partial charge in [-0.1, -0.05) is 87.8 Å². The van der Waals surface area contributed by atoms with Crippen molar-refractivity contribution in [2.45, 2.75) is 182 Å². The van der Waals surface area contributed by atoms with Gasteiger partial charge >= 0.3 is 11.9 Å². The fourth-order valence-electron chi connectivity index (χ4n) is 8.92. The summed E-state index contributed by atoms with van der Waals surface area (Å²) in [6, 6.07) is 1.41. The number of carbonyl (C=O) groups excluding carboxylic acids is 7. The lowest BCUT2D eigenvalue weighted by atomic mass is 9.93. The Morgan fingerprint density at radius 3 is 2.20 bits per heavy atom. The number of aliphatic hydroxyl groups excluding tert-OH is 1. The van der Waals surface area contributed by atoms with E-state index in [-0.39, 0.29) is 61.8 Å². The van der Waals surface area contributed by atoms with Crippen molar-refractivity contribution >= 4 is 47.3 Å². The number of aliphatic imine (C=N–C) groups is 1. The van der Waals surface area contributed by atoms with Crippen LogP contribution in [0.5, 0.6) is 5.75 Å². The maximum atomic E-state index is 14.7. The number of ether oxygens (including phenoxy) is 3. The van der Waals surface area contributed by atoms with Gasteiger partial charge in [-0.2, -0.15) is 4.99 Å². The van der Waals surface area contributed by atoms with Crippen LogP contribution in [0.3, 0.4) is 0 Å². The van der Waals surface area contributed by atoms with E-state index in [9.17, 15) is 38.7 Å². The van der Waals surface area contributed by atoms with Crippen LogP contribution in [0.2, 0.25) is 0 Å². The van der Waals surface area contributed by atoms with Crippen LogP contribution in [0.1, 0.15) is 127 Å². The lowest BCUT2D eigenvalue weighted by molar-refractivity contribution is -0.162. The smallest absolute Gasteiger partial charge is 0.329 e. The Balaban J connectivity index is 2.23. The van der Waals surface area contributed by atoms with E-state index in [1.54, 1.807) is 38.1 Å². The first-order valence-electron chi connectivity index (χ1n) is 25.5. The maximum absolute atomic E-state index is 14.7. The summed E-state index contributed by atoms with van der Waals surface area (Å²) in [7, 11) is 4.52. The minimum Gasteiger partial charge on any atom is -0.497 e. The molecule has 0 aromatic heterocycles. The number of cyclic esters (lactones) is 2. The molecule has 11 atom stereocenters. The summed E-state index contributed by atoms with van der Waals surface area (Å²) in [6.45, 7) is 20.5. The van der Waals surface area contributed by atoms with Crippen LogP contribution in [0.25, 0.3) is 0 Å². The second-order valence-electron chi connectivity index (χ2n) is 21.0. The zero-order chi connectivity index (χ0) is 53.4. The quantitative estimate of drug-likeness (QED) is 0.141. The fraction of sp³-hybridized carbons (Fsp3) is 0.717. The van der Waals surface area contributed by atoms with Crippen LogP contribution >= 0.6 is 0 Å². The van der Waals surface area contributed by atoms with E-state index in [1.807, 2.05) is 55.4 Å². The summed E-state index contributed by atoms with van der Waals surface area (Å²) in [5.41, 5.74) is 6.86. The molecule has 0 saturated carbocycles. The number of hydrogen-bond acceptors (Lipinski definition) is 13. The minimum absolute atomic E-state index is 0.00447. The highest BCUT2D eigenvalue weighted by molar-refractivity contribution is 5.94. The average molecular weight is 996 g/mol. The van der Waals surface area contributed by atoms with Crippen molar-refractivity contribution in [1.29, 1.82) is 0 Å². The SMILES string of the molecule is CC[C@H](C)[C@@H]1CCC(=O)O[C@@H](C(C)C)C(O)N[C@@H](CC(C)C)C(=O)N2CCC[C@H]2C(=O)N(C)[C@@H](Cc2ccc(OC)cc2)C(=O)O[C@H](C)C(C=C=NC(=O)[C@@H](CC(C)C)N(C)C(=O)[C@@H](N)C(C)C)C(=O)N1. The van der Waals surface area contributed by atoms with E-state index in [2.05, 4.69) is 21.5 Å². The highest BCUT2D eigenvalue weighted by atomic mass is 16.6. The van der Waals surface area contributed by atoms with Crippen LogP contribution in [-0.4, -0.2) is 150 Å². The summed E-state index contributed by atoms with van der Waals surface area (Å²) >= 11 is 0. The number of amides is 5. The Hall–Kier alpha value is -5.16. The number of aliphatic hydroxyl groups is 1. The van der Waals surface area contributed by atoms with Gasteiger partial charge in [0.1, 0.15) is 48.2 Å². The molecule has 18 heteroatoms. The van der Waals surface area contributed by atoms with Crippen molar-refractivity contribution in [3.05, 3.63) is 35.9 Å². The molecule has 0 spiro atoms. The number of methoxy groups -OCH3 is 1. The van der Waals surface area contributed by atoms with Gasteiger partial charge in [0.15, 0.2) is 0 Å². The van der Waals surface area contributed by atoms with Crippen LogP contribution < -0.4 is 21.1 Å². The van der Waals surface area contributed by atoms with Gasteiger partial charge in [0.25, 0.3) is 5.91 Å². The minimum atomic E-state index is -1.45. The van der Waals surface area contributed by atoms with E-state index in [4.69, 9.17) is 19.9 Å². The van der Waals surface area contributed by atoms with E-state index >= 15 is 0 Å². The van der Waals surface area contributed by atoms with Crippen molar-refractivity contribution in [3.8, 4) is 5.75 Å². The molecule has 18 nitrogen and oxygen atoms in total. The Bertz CT molecular complexity index is 2020. The molecule has 2 aliphatic rings. The molecule has 2 aliphatic heterocycles. The molecule has 5 N–H and O–H groups in total. The van der Waals surface area contributed by atoms with Crippen molar-refractivity contribution in [3.63, 3.8) is 0 Å². The van der Waals surface area contributed by atoms with Crippen LogP contribution in [-0.2, 0) is 49.5 Å². The summed E-state index contributed by atoms with van der Waals surface area (Å²) in [5.74, 6) is -2.96. The van der Waals surface area contributed by atoms with Crippen molar-refractivity contribution in [2.75, 3.05) is 27.7 Å². The third kappa shape index (κ3) is 17.2. The third-order valence-corrected chi connectivity index (χ3v) is 13.8. The standard InChI is InChI=1S/C53H85N7O11/c1-15-34(10)39-22-23-44(61)71-46(33(8)9)49(64)57-40(27-30(2)3)50(65)60-26-16-17-41(60)51(66)59(13)43(29-36-18-20-37(69-14)21-19-36)53(68)70-35(11)38(47(62)56-39)24-25-55-48(63)42(28-31(4)5)58(12)52(67)45(54)32(6)7/h18-21,24,30-35,38-43,45-46,49,57,64H,15-17,22-23,26-29,54H2,1-14H3,(H,56,62)/t34-,35+,38?,39-,40-,41-,42+,43-,45-,46-,49?/m0/s1. The van der Waals surface area contributed by atoms with Gasteiger partial charge in [-0.05, 0) is 98.3 Å². The third-order valence-electron chi connectivity index (χ3n) is 13.8. The molecule has 2 saturated heterocycles. The Morgan fingerprint density at radius 2 is 1.63 bits per heavy atom. The van der Waals surface area contributed by atoms with Gasteiger partial charge in [0.2, 0.25) is 23.6 Å². The van der Waals surface area contributed by atoms with Gasteiger partial charge in [-0.3, -0.25) is 34.1 Å². The fourth-order valence-corrected chi connectivity index (χ4v) is 8.92. The molecule has 2 unspecified atom stereocenters. The first-order valence-corrected chi connectivity index (χ1v) is 25.5. The van der Waals surface area contributed by atoms with E-state index in [0.717, 1.165) is 0 Å². The first kappa shape index (κ1) is 60.1. The summed E-state index contributed by atoms with van der Waals surface area (Å²) in [4.78, 5) is 107. The van der Waals surface area contributed by atoms with Crippen molar-refractivity contribution < 1.29 is 52.9 Å². The second-order valence-corrected chi connectivity index (χ2v) is 21.0. The van der Waals surface area contributed by atoms with Gasteiger partial charge in [-0.15, -0.1) is 0 Å². The molecule has 1 aromatic carbocycles. The molecule has 2 heterocycles. The number of esters is 2. The van der Waals surface area contributed by atoms with E-state index < -0.39 is 102 Å². The molecular formula is C53H85N7O11. The zero-order valence-corrected chi connectivity index (χ0v) is 44.8.